The number of benzene rings is 2. The van der Waals surface area contributed by atoms with Crippen LogP contribution in [0.4, 0.5) is 0 Å². The van der Waals surface area contributed by atoms with Crippen LogP contribution in [0.25, 0.3) is 0 Å². The summed E-state index contributed by atoms with van der Waals surface area (Å²) in [6, 6.07) is 17.1. The largest absolute Gasteiger partial charge is 0.508 e. The number of nitrogens with one attached hydrogen (secondary N) is 1. The van der Waals surface area contributed by atoms with Crippen molar-refractivity contribution < 1.29 is 14.7 Å². The van der Waals surface area contributed by atoms with Gasteiger partial charge in [-0.3, -0.25) is 9.59 Å². The first kappa shape index (κ1) is 19.3. The predicted molar refractivity (Wildman–Crippen MR) is 107 cm³/mol. The number of likely N-dealkylation sites (tertiary alicyclic amines) is 1. The molecule has 2 amide bonds. The van der Waals surface area contributed by atoms with E-state index >= 15 is 0 Å². The molecule has 0 saturated carbocycles. The number of aromatic hydroxyl groups is 1. The Bertz CT molecular complexity index is 765. The molecule has 3 rings (SSSR count). The number of rotatable bonds is 8. The number of thioether (sulfide) groups is 1. The van der Waals surface area contributed by atoms with Crippen molar-refractivity contribution in [3.05, 3.63) is 60.2 Å². The SMILES string of the molecule is O=C(NCCSc1ccccc1)[C@@H]1CC(=O)N(CCc2ccc(O)cc2)C1. The van der Waals surface area contributed by atoms with Crippen molar-refractivity contribution in [3.63, 3.8) is 0 Å². The highest BCUT2D eigenvalue weighted by Gasteiger charge is 2.33. The first-order valence-corrected chi connectivity index (χ1v) is 10.1. The van der Waals surface area contributed by atoms with Gasteiger partial charge in [-0.25, -0.2) is 0 Å². The number of nitrogens with zero attached hydrogens (tertiary/aromatic N) is 1. The quantitative estimate of drug-likeness (QED) is 0.542. The summed E-state index contributed by atoms with van der Waals surface area (Å²) in [5, 5.41) is 12.3. The zero-order chi connectivity index (χ0) is 19.1. The fourth-order valence-corrected chi connectivity index (χ4v) is 3.88. The standard InChI is InChI=1S/C21H24N2O3S/c24-18-8-6-16(7-9-18)10-12-23-15-17(14-20(23)25)21(26)22-11-13-27-19-4-2-1-3-5-19/h1-9,17,24H,10-15H2,(H,22,26)/t17-/m1/s1. The van der Waals surface area contributed by atoms with Crippen molar-refractivity contribution in [2.45, 2.75) is 17.7 Å². The fraction of sp³-hybridized carbons (Fsp3) is 0.333. The number of carbonyl (C=O) groups excluding carboxylic acids is 2. The second-order valence-electron chi connectivity index (χ2n) is 6.61. The zero-order valence-electron chi connectivity index (χ0n) is 15.1. The molecule has 27 heavy (non-hydrogen) atoms. The summed E-state index contributed by atoms with van der Waals surface area (Å²) in [6.07, 6.45) is 1.00. The summed E-state index contributed by atoms with van der Waals surface area (Å²) >= 11 is 1.70. The molecule has 0 aromatic heterocycles. The summed E-state index contributed by atoms with van der Waals surface area (Å²) in [5.74, 6) is 0.773. The van der Waals surface area contributed by atoms with Gasteiger partial charge < -0.3 is 15.3 Å². The van der Waals surface area contributed by atoms with Crippen molar-refractivity contribution in [1.29, 1.82) is 0 Å². The Labute approximate surface area is 163 Å². The van der Waals surface area contributed by atoms with Crippen molar-refractivity contribution >= 4 is 23.6 Å². The number of hydrogen-bond acceptors (Lipinski definition) is 4. The van der Waals surface area contributed by atoms with E-state index in [2.05, 4.69) is 5.32 Å². The number of carbonyl (C=O) groups is 2. The Morgan fingerprint density at radius 2 is 1.89 bits per heavy atom. The van der Waals surface area contributed by atoms with Gasteiger partial charge in [-0.2, -0.15) is 0 Å². The van der Waals surface area contributed by atoms with E-state index in [4.69, 9.17) is 0 Å². The van der Waals surface area contributed by atoms with Crippen molar-refractivity contribution in [3.8, 4) is 5.75 Å². The van der Waals surface area contributed by atoms with Crippen LogP contribution in [0.15, 0.2) is 59.5 Å². The average molecular weight is 385 g/mol. The highest BCUT2D eigenvalue weighted by atomic mass is 32.2. The van der Waals surface area contributed by atoms with Gasteiger partial charge in [-0.15, -0.1) is 11.8 Å². The third-order valence-corrected chi connectivity index (χ3v) is 5.62. The average Bonchev–Trinajstić information content (AvgIpc) is 3.06. The van der Waals surface area contributed by atoms with Crippen LogP contribution in [0.3, 0.4) is 0 Å². The number of amides is 2. The first-order chi connectivity index (χ1) is 13.1. The monoisotopic (exact) mass is 384 g/mol. The molecular weight excluding hydrogens is 360 g/mol. The Hall–Kier alpha value is -2.47. The molecule has 5 nitrogen and oxygen atoms in total. The maximum atomic E-state index is 12.3. The normalized spacial score (nSPS) is 16.5. The van der Waals surface area contributed by atoms with Crippen molar-refractivity contribution in [2.24, 2.45) is 5.92 Å². The molecule has 1 atom stereocenters. The van der Waals surface area contributed by atoms with Crippen LogP contribution in [0, 0.1) is 5.92 Å². The van der Waals surface area contributed by atoms with Gasteiger partial charge in [0.1, 0.15) is 5.75 Å². The van der Waals surface area contributed by atoms with Crippen LogP contribution in [-0.2, 0) is 16.0 Å². The van der Waals surface area contributed by atoms with Crippen LogP contribution >= 0.6 is 11.8 Å². The van der Waals surface area contributed by atoms with Gasteiger partial charge in [0.25, 0.3) is 0 Å². The number of phenolic OH excluding ortho intramolecular Hbond substituents is 1. The lowest BCUT2D eigenvalue weighted by molar-refractivity contribution is -0.128. The van der Waals surface area contributed by atoms with Gasteiger partial charge in [-0.05, 0) is 36.2 Å². The summed E-state index contributed by atoms with van der Waals surface area (Å²) in [5.41, 5.74) is 1.06. The van der Waals surface area contributed by atoms with Gasteiger partial charge in [0.15, 0.2) is 0 Å². The molecule has 6 heteroatoms. The summed E-state index contributed by atoms with van der Waals surface area (Å²) in [6.45, 7) is 1.67. The third kappa shape index (κ3) is 5.76. The number of hydrogen-bond donors (Lipinski definition) is 2. The molecule has 0 unspecified atom stereocenters. The van der Waals surface area contributed by atoms with Gasteiger partial charge in [0, 0.05) is 36.7 Å². The second-order valence-corrected chi connectivity index (χ2v) is 7.78. The van der Waals surface area contributed by atoms with Crippen molar-refractivity contribution in [2.75, 3.05) is 25.4 Å². The van der Waals surface area contributed by atoms with Crippen LogP contribution < -0.4 is 5.32 Å². The van der Waals surface area contributed by atoms with Crippen LogP contribution in [-0.4, -0.2) is 47.2 Å². The first-order valence-electron chi connectivity index (χ1n) is 9.13. The molecule has 142 valence electrons. The van der Waals surface area contributed by atoms with E-state index in [1.54, 1.807) is 28.8 Å². The molecule has 2 aromatic rings. The van der Waals surface area contributed by atoms with E-state index in [9.17, 15) is 14.7 Å². The van der Waals surface area contributed by atoms with Crippen LogP contribution in [0.1, 0.15) is 12.0 Å². The van der Waals surface area contributed by atoms with Gasteiger partial charge in [-0.1, -0.05) is 30.3 Å². The zero-order valence-corrected chi connectivity index (χ0v) is 16.0. The molecule has 2 N–H and O–H groups in total. The Kier molecular flexibility index (Phi) is 6.76. The minimum atomic E-state index is -0.265. The van der Waals surface area contributed by atoms with Crippen molar-refractivity contribution in [1.82, 2.24) is 10.2 Å². The number of phenols is 1. The topological polar surface area (TPSA) is 69.6 Å². The third-order valence-electron chi connectivity index (χ3n) is 4.61. The summed E-state index contributed by atoms with van der Waals surface area (Å²) in [4.78, 5) is 27.5. The molecule has 0 radical (unpaired) electrons. The molecular formula is C21H24N2O3S. The van der Waals surface area contributed by atoms with Gasteiger partial charge >= 0.3 is 0 Å². The maximum absolute atomic E-state index is 12.3. The molecule has 0 bridgehead atoms. The highest BCUT2D eigenvalue weighted by Crippen LogP contribution is 2.20. The molecule has 1 fully saturated rings. The van der Waals surface area contributed by atoms with E-state index < -0.39 is 0 Å². The van der Waals surface area contributed by atoms with E-state index in [1.807, 2.05) is 42.5 Å². The molecule has 2 aromatic carbocycles. The van der Waals surface area contributed by atoms with E-state index in [-0.39, 0.29) is 29.9 Å². The van der Waals surface area contributed by atoms with Gasteiger partial charge in [0.05, 0.1) is 5.92 Å². The fourth-order valence-electron chi connectivity index (χ4n) is 3.09. The lowest BCUT2D eigenvalue weighted by Gasteiger charge is -2.16. The smallest absolute Gasteiger partial charge is 0.225 e. The van der Waals surface area contributed by atoms with E-state index in [0.717, 1.165) is 11.3 Å². The van der Waals surface area contributed by atoms with E-state index in [0.29, 0.717) is 26.1 Å². The second kappa shape index (κ2) is 9.46. The van der Waals surface area contributed by atoms with Gasteiger partial charge in [0.2, 0.25) is 11.8 Å². The minimum Gasteiger partial charge on any atom is -0.508 e. The lowest BCUT2D eigenvalue weighted by atomic mass is 10.1. The Morgan fingerprint density at radius 3 is 2.63 bits per heavy atom. The molecule has 1 aliphatic heterocycles. The van der Waals surface area contributed by atoms with E-state index in [1.165, 1.54) is 4.90 Å². The molecule has 1 aliphatic rings. The molecule has 0 aliphatic carbocycles. The lowest BCUT2D eigenvalue weighted by Crippen LogP contribution is -2.34. The predicted octanol–water partition coefficient (Wildman–Crippen LogP) is 2.69. The Morgan fingerprint density at radius 1 is 1.15 bits per heavy atom. The molecule has 0 spiro atoms. The maximum Gasteiger partial charge on any atom is 0.225 e. The minimum absolute atomic E-state index is 0.0348. The van der Waals surface area contributed by atoms with Crippen LogP contribution in [0.2, 0.25) is 0 Å². The van der Waals surface area contributed by atoms with Crippen LogP contribution in [0.5, 0.6) is 5.75 Å². The molecule has 1 saturated heterocycles. The summed E-state index contributed by atoms with van der Waals surface area (Å²) < 4.78 is 0. The highest BCUT2D eigenvalue weighted by molar-refractivity contribution is 7.99. The Balaban J connectivity index is 1.38. The molecule has 1 heterocycles. The summed E-state index contributed by atoms with van der Waals surface area (Å²) in [7, 11) is 0.